The predicted octanol–water partition coefficient (Wildman–Crippen LogP) is 29.4. The van der Waals surface area contributed by atoms with Gasteiger partial charge in [0.25, 0.3) is 0 Å². The highest BCUT2D eigenvalue weighted by Gasteiger charge is 2.39. The molecule has 0 aliphatic carbocycles. The maximum Gasteiger partial charge on any atom is 0.220 e. The topological polar surface area (TPSA) is 86.8 Å². The van der Waals surface area contributed by atoms with E-state index in [1.807, 2.05) is 0 Å². The van der Waals surface area contributed by atoms with Crippen molar-refractivity contribution in [2.75, 3.05) is 0 Å². The zero-order chi connectivity index (χ0) is 90.0. The van der Waals surface area contributed by atoms with Crippen molar-refractivity contribution in [1.29, 1.82) is 0 Å². The molecule has 0 fully saturated rings. The van der Waals surface area contributed by atoms with Crippen molar-refractivity contribution in [3.05, 3.63) is 283 Å². The summed E-state index contributed by atoms with van der Waals surface area (Å²) in [5.74, 6) is 2.76. The predicted molar refractivity (Wildman–Crippen MR) is 545 cm³/mol. The summed E-state index contributed by atoms with van der Waals surface area (Å²) < 4.78 is 20.3. The first-order chi connectivity index (χ1) is 60.9. The quantitative estimate of drug-likeness (QED) is 0.166. The highest BCUT2D eigenvalue weighted by Crippen LogP contribution is 2.55. The van der Waals surface area contributed by atoms with Crippen LogP contribution in [0.1, 0.15) is 222 Å². The number of benzene rings is 12. The second kappa shape index (κ2) is 25.5. The van der Waals surface area contributed by atoms with Crippen molar-refractivity contribution in [3.8, 4) is 22.3 Å². The van der Waals surface area contributed by atoms with Gasteiger partial charge in [0.1, 0.15) is 0 Å². The van der Waals surface area contributed by atoms with Crippen LogP contribution in [-0.4, -0.2) is 50.3 Å². The number of nitrogens with zero attached hydrogens (tertiary/aromatic N) is 12. The SMILES string of the molecule is C=C1/C=C\C(c2c(C)cccc2C)=C/Cn2c(n3c4ccc(C(C)(C)C)cc4c4c3c2c2c3cc(C(C)(C)C)ccc3n3c2c4n2c4cc(C(C)(C)C)cc(-c5c(C)cc(CC(C)(C)c6cccc7c6nc6n7c7c8c9cc(C(C)(C)C)ccc9n9c8c(c8c%10cc(C(C)(C)C)ccc%10n6c87)n6c7cc(C(C)(C)C)cc(-c8c(C)cccc8C)c7nc69)cc5C)c4nc23)=N1. The maximum atomic E-state index is 6.16. The standard InChI is InChI=1S/C117H114N12/c1-60-31-28-32-61(2)89(60)68-38-37-66(7)118-107-122(48-47-68)99-92-75-51-69(111(8,9)10)40-44-83(75)124-101(92)105(93-76-52-70(112(11,12)13)39-43-82(76)123(107)100(93)99)128-88-58-74(116(23,24)25)56-80(97(88)120-108(124)128)91-64(5)49-67(50-65(91)6)59-117(26,27)81-35-30-36-86-98(81)121-110-126-85-46-42-72(114(17,18)19)54-78(85)95-102(126)104(127(86)110)94-77-53-71(113(14,15)16)41-45-84(77)125-103(94)106(95)129-87-57-73(115(20,21)22)55-79(96(87)119-109(125)129)90-62(3)33-29-34-63(90)4/h28-47,49-58H,7,48,59H2,1-6,8-27H3/b38-37-,68-47+,118-107?. The van der Waals surface area contributed by atoms with Crippen LogP contribution in [0.2, 0.25) is 0 Å². The molecule has 11 aromatic heterocycles. The van der Waals surface area contributed by atoms with Gasteiger partial charge in [-0.25, -0.2) is 19.9 Å². The van der Waals surface area contributed by atoms with E-state index < -0.39 is 5.41 Å². The van der Waals surface area contributed by atoms with Gasteiger partial charge in [0.2, 0.25) is 23.0 Å². The van der Waals surface area contributed by atoms with Crippen LogP contribution in [0.4, 0.5) is 0 Å². The molecule has 0 radical (unpaired) electrons. The molecule has 12 heteroatoms. The van der Waals surface area contributed by atoms with Gasteiger partial charge in [-0.15, -0.1) is 0 Å². The van der Waals surface area contributed by atoms with Crippen LogP contribution < -0.4 is 5.62 Å². The molecule has 0 saturated carbocycles. The second-order valence-corrected chi connectivity index (χ2v) is 45.5. The Labute approximate surface area is 752 Å². The Morgan fingerprint density at radius 3 is 1.05 bits per heavy atom. The van der Waals surface area contributed by atoms with E-state index in [1.165, 1.54) is 171 Å². The third kappa shape index (κ3) is 10.7. The molecule has 0 unspecified atom stereocenters. The summed E-state index contributed by atoms with van der Waals surface area (Å²) in [5.41, 5.74) is 45.4. The lowest BCUT2D eigenvalue weighted by atomic mass is 9.77. The average molecular weight is 1690 g/mol. The van der Waals surface area contributed by atoms with Crippen LogP contribution in [0.25, 0.3) is 188 Å². The van der Waals surface area contributed by atoms with Gasteiger partial charge in [0.05, 0.1) is 105 Å². The van der Waals surface area contributed by atoms with E-state index in [0.717, 1.165) is 112 Å². The van der Waals surface area contributed by atoms with E-state index in [9.17, 15) is 0 Å². The van der Waals surface area contributed by atoms with Gasteiger partial charge in [-0.3, -0.25) is 30.8 Å². The smallest absolute Gasteiger partial charge is 0.220 e. The van der Waals surface area contributed by atoms with Crippen molar-refractivity contribution < 1.29 is 0 Å². The summed E-state index contributed by atoms with van der Waals surface area (Å²) in [6, 6.07) is 64.1. The minimum atomic E-state index is -0.394. The van der Waals surface area contributed by atoms with Crippen LogP contribution >= 0.6 is 0 Å². The van der Waals surface area contributed by atoms with Gasteiger partial charge in [0, 0.05) is 60.8 Å². The molecule has 23 aromatic rings. The summed E-state index contributed by atoms with van der Waals surface area (Å²) in [6.07, 6.45) is 7.53. The number of fused-ring (bicyclic) bond motifs is 34. The van der Waals surface area contributed by atoms with E-state index in [4.69, 9.17) is 26.5 Å². The lowest BCUT2D eigenvalue weighted by molar-refractivity contribution is 0.526. The van der Waals surface area contributed by atoms with Crippen LogP contribution in [0.3, 0.4) is 0 Å². The number of allylic oxidation sites excluding steroid dienone is 4. The molecule has 12 aromatic carbocycles. The average Bonchev–Trinajstić information content (AvgIpc) is 1.48. The Bertz CT molecular complexity index is 9080. The Morgan fingerprint density at radius 1 is 0.310 bits per heavy atom. The van der Waals surface area contributed by atoms with Crippen molar-refractivity contribution in [2.24, 2.45) is 4.99 Å². The first kappa shape index (κ1) is 79.3. The molecule has 0 amide bonds. The zero-order valence-corrected chi connectivity index (χ0v) is 79.8. The number of hydrogen-bond acceptors (Lipinski definition) is 4. The van der Waals surface area contributed by atoms with Crippen molar-refractivity contribution >= 4 is 165 Å². The van der Waals surface area contributed by atoms with Crippen LogP contribution in [0, 0.1) is 41.5 Å². The Hall–Kier alpha value is -13.1. The highest BCUT2D eigenvalue weighted by atomic mass is 15.2. The molecule has 12 heterocycles. The van der Waals surface area contributed by atoms with Crippen LogP contribution in [0.5, 0.6) is 0 Å². The molecule has 0 atom stereocenters. The van der Waals surface area contributed by atoms with Crippen molar-refractivity contribution in [1.82, 2.24) is 50.3 Å². The summed E-state index contributed by atoms with van der Waals surface area (Å²) >= 11 is 0. The Morgan fingerprint density at radius 2 is 0.651 bits per heavy atom. The van der Waals surface area contributed by atoms with Crippen molar-refractivity contribution in [2.45, 2.75) is 231 Å². The lowest BCUT2D eigenvalue weighted by Crippen LogP contribution is -2.22. The molecule has 0 bridgehead atoms. The summed E-state index contributed by atoms with van der Waals surface area (Å²) in [7, 11) is 0. The lowest BCUT2D eigenvalue weighted by Gasteiger charge is -2.27. The van der Waals surface area contributed by atoms with Gasteiger partial charge in [0.15, 0.2) is 0 Å². The fraction of sp³-hybridized carbons (Fsp3) is 0.299. The number of aryl methyl sites for hydroxylation is 6. The zero-order valence-electron chi connectivity index (χ0n) is 79.8. The number of imidazole rings is 7. The summed E-state index contributed by atoms with van der Waals surface area (Å²) in [4.78, 5) is 23.9. The van der Waals surface area contributed by atoms with Crippen molar-refractivity contribution in [3.63, 3.8) is 0 Å². The van der Waals surface area contributed by atoms with Gasteiger partial charge in [-0.2, -0.15) is 0 Å². The van der Waals surface area contributed by atoms with Gasteiger partial charge < -0.3 is 4.57 Å². The number of hydrogen-bond donors (Lipinski definition) is 0. The van der Waals surface area contributed by atoms with E-state index in [2.05, 4.69) is 397 Å². The first-order valence-corrected chi connectivity index (χ1v) is 46.6. The number of rotatable bonds is 6. The maximum absolute atomic E-state index is 6.16. The van der Waals surface area contributed by atoms with Gasteiger partial charge >= 0.3 is 0 Å². The minimum Gasteiger partial charge on any atom is -0.305 e. The normalized spacial score (nSPS) is 15.0. The molecule has 1 aliphatic rings. The number of aromatic nitrogens is 11. The van der Waals surface area contributed by atoms with Gasteiger partial charge in [-0.1, -0.05) is 242 Å². The molecule has 1 aliphatic heterocycles. The molecule has 129 heavy (non-hydrogen) atoms. The molecule has 0 N–H and O–H groups in total. The molecular weight excluding hydrogens is 1570 g/mol. The third-order valence-electron chi connectivity index (χ3n) is 30.0. The Balaban J connectivity index is 0.719. The molecule has 642 valence electrons. The van der Waals surface area contributed by atoms with Crippen LogP contribution in [-0.2, 0) is 50.9 Å². The minimum absolute atomic E-state index is 0.121. The highest BCUT2D eigenvalue weighted by molar-refractivity contribution is 6.39. The first-order valence-electron chi connectivity index (χ1n) is 46.6. The van der Waals surface area contributed by atoms with E-state index in [-0.39, 0.29) is 32.5 Å². The van der Waals surface area contributed by atoms with E-state index in [1.54, 1.807) is 0 Å². The molecule has 24 rings (SSSR count). The molecule has 12 nitrogen and oxygen atoms in total. The van der Waals surface area contributed by atoms with E-state index >= 15 is 0 Å². The largest absolute Gasteiger partial charge is 0.305 e. The fourth-order valence-electron chi connectivity index (χ4n) is 23.4. The number of para-hydroxylation sites is 1. The van der Waals surface area contributed by atoms with Crippen LogP contribution in [0.15, 0.2) is 199 Å². The molecular formula is C117H114N12. The molecule has 0 spiro atoms. The summed E-state index contributed by atoms with van der Waals surface area (Å²) in [5, 5.41) is 9.71. The molecule has 0 saturated heterocycles. The van der Waals surface area contributed by atoms with Gasteiger partial charge in [-0.05, 0) is 271 Å². The monoisotopic (exact) mass is 1690 g/mol. The second-order valence-electron chi connectivity index (χ2n) is 45.5. The fourth-order valence-corrected chi connectivity index (χ4v) is 23.4. The summed E-state index contributed by atoms with van der Waals surface area (Å²) in [6.45, 7) is 66.1. The van der Waals surface area contributed by atoms with E-state index in [0.29, 0.717) is 12.2 Å². The third-order valence-corrected chi connectivity index (χ3v) is 30.0. The Kier molecular flexibility index (Phi) is 15.7.